The molecular formula is C25H29F3N4O3. The number of hydrogen-bond acceptors (Lipinski definition) is 6. The van der Waals surface area contributed by atoms with E-state index in [-0.39, 0.29) is 23.6 Å². The van der Waals surface area contributed by atoms with Crippen molar-refractivity contribution in [2.75, 3.05) is 38.3 Å². The fraction of sp³-hybridized carbons (Fsp3) is 0.480. The third kappa shape index (κ3) is 6.42. The molecular weight excluding hydrogens is 461 g/mol. The molecule has 1 aliphatic rings. The van der Waals surface area contributed by atoms with Gasteiger partial charge in [0.1, 0.15) is 17.6 Å². The van der Waals surface area contributed by atoms with Crippen LogP contribution in [0.4, 0.5) is 19.0 Å². The summed E-state index contributed by atoms with van der Waals surface area (Å²) >= 11 is 0. The van der Waals surface area contributed by atoms with Crippen molar-refractivity contribution in [1.82, 2.24) is 9.88 Å². The highest BCUT2D eigenvalue weighted by Crippen LogP contribution is 2.35. The van der Waals surface area contributed by atoms with E-state index in [1.807, 2.05) is 30.6 Å². The zero-order chi connectivity index (χ0) is 25.8. The summed E-state index contributed by atoms with van der Waals surface area (Å²) in [5.41, 5.74) is 2.04. The number of carbonyl (C=O) groups is 1. The standard InChI is InChI=1S/C25H29F3N4O3/c1-16(2)23-21(18-6-5-7-20(12-18)35-25(26,27)28)13-19(14-29)24(30-23)31-9-10-32(17(3)15-31)22(33)8-11-34-4/h5-7,12-13,16-17H,8-11,15H2,1-4H3/t17-/m1/s1. The van der Waals surface area contributed by atoms with E-state index in [4.69, 9.17) is 9.72 Å². The summed E-state index contributed by atoms with van der Waals surface area (Å²) < 4.78 is 47.2. The van der Waals surface area contributed by atoms with Crippen LogP contribution in [0.5, 0.6) is 5.75 Å². The van der Waals surface area contributed by atoms with Gasteiger partial charge >= 0.3 is 6.36 Å². The molecule has 10 heteroatoms. The normalized spacial score (nSPS) is 16.4. The molecule has 0 spiro atoms. The fourth-order valence-electron chi connectivity index (χ4n) is 4.23. The molecule has 1 fully saturated rings. The number of piperazine rings is 1. The van der Waals surface area contributed by atoms with Gasteiger partial charge in [0.15, 0.2) is 0 Å². The lowest BCUT2D eigenvalue weighted by molar-refractivity contribution is -0.274. The van der Waals surface area contributed by atoms with E-state index in [2.05, 4.69) is 10.8 Å². The first kappa shape index (κ1) is 26.3. The predicted molar refractivity (Wildman–Crippen MR) is 125 cm³/mol. The highest BCUT2D eigenvalue weighted by molar-refractivity contribution is 5.77. The van der Waals surface area contributed by atoms with Gasteiger partial charge in [-0.05, 0) is 36.6 Å². The van der Waals surface area contributed by atoms with E-state index in [0.717, 1.165) is 0 Å². The molecule has 35 heavy (non-hydrogen) atoms. The van der Waals surface area contributed by atoms with Crippen LogP contribution < -0.4 is 9.64 Å². The number of nitrogens with zero attached hydrogens (tertiary/aromatic N) is 4. The fourth-order valence-corrected chi connectivity index (χ4v) is 4.23. The summed E-state index contributed by atoms with van der Waals surface area (Å²) in [5.74, 6) is 0.138. The molecule has 0 bridgehead atoms. The van der Waals surface area contributed by atoms with E-state index in [9.17, 15) is 23.2 Å². The molecule has 0 radical (unpaired) electrons. The van der Waals surface area contributed by atoms with E-state index < -0.39 is 6.36 Å². The molecule has 188 valence electrons. The number of benzene rings is 1. The molecule has 2 aromatic rings. The van der Waals surface area contributed by atoms with Crippen LogP contribution >= 0.6 is 0 Å². The van der Waals surface area contributed by atoms with Gasteiger partial charge in [-0.3, -0.25) is 4.79 Å². The SMILES string of the molecule is COCCC(=O)N1CCN(c2nc(C(C)C)c(-c3cccc(OC(F)(F)F)c3)cc2C#N)C[C@H]1C. The number of methoxy groups -OCH3 is 1. The Morgan fingerprint density at radius 2 is 2.03 bits per heavy atom. The summed E-state index contributed by atoms with van der Waals surface area (Å²) in [7, 11) is 1.55. The van der Waals surface area contributed by atoms with Crippen LogP contribution in [-0.2, 0) is 9.53 Å². The Morgan fingerprint density at radius 3 is 2.63 bits per heavy atom. The van der Waals surface area contributed by atoms with Crippen molar-refractivity contribution in [1.29, 1.82) is 5.26 Å². The van der Waals surface area contributed by atoms with Crippen LogP contribution in [0.1, 0.15) is 44.4 Å². The Labute approximate surface area is 203 Å². The second kappa shape index (κ2) is 11.0. The van der Waals surface area contributed by atoms with E-state index in [1.165, 1.54) is 18.2 Å². The van der Waals surface area contributed by atoms with Crippen LogP contribution in [0, 0.1) is 11.3 Å². The van der Waals surface area contributed by atoms with Gasteiger partial charge in [-0.2, -0.15) is 5.26 Å². The van der Waals surface area contributed by atoms with Gasteiger partial charge in [-0.15, -0.1) is 13.2 Å². The molecule has 3 rings (SSSR count). The maximum Gasteiger partial charge on any atom is 0.573 e. The first-order valence-corrected chi connectivity index (χ1v) is 11.4. The number of nitriles is 1. The summed E-state index contributed by atoms with van der Waals surface area (Å²) in [6.07, 6.45) is -4.49. The number of anilines is 1. The van der Waals surface area contributed by atoms with Gasteiger partial charge in [0.2, 0.25) is 5.91 Å². The summed E-state index contributed by atoms with van der Waals surface area (Å²) in [4.78, 5) is 21.1. The van der Waals surface area contributed by atoms with Gasteiger partial charge in [-0.1, -0.05) is 26.0 Å². The third-order valence-corrected chi connectivity index (χ3v) is 5.85. The first-order chi connectivity index (χ1) is 16.5. The number of amides is 1. The molecule has 2 heterocycles. The van der Waals surface area contributed by atoms with Gasteiger partial charge in [-0.25, -0.2) is 4.98 Å². The Balaban J connectivity index is 1.94. The Bertz CT molecular complexity index is 1100. The molecule has 1 aliphatic heterocycles. The minimum Gasteiger partial charge on any atom is -0.406 e. The van der Waals surface area contributed by atoms with Crippen LogP contribution in [0.15, 0.2) is 30.3 Å². The molecule has 0 unspecified atom stereocenters. The number of pyridine rings is 1. The minimum absolute atomic E-state index is 0.0200. The number of hydrogen-bond donors (Lipinski definition) is 0. The molecule has 1 amide bonds. The van der Waals surface area contributed by atoms with Crippen molar-refractivity contribution in [2.24, 2.45) is 0 Å². The molecule has 1 aromatic heterocycles. The third-order valence-electron chi connectivity index (χ3n) is 5.85. The van der Waals surface area contributed by atoms with Gasteiger partial charge < -0.3 is 19.3 Å². The molecule has 0 aliphatic carbocycles. The van der Waals surface area contributed by atoms with Crippen LogP contribution in [0.25, 0.3) is 11.1 Å². The van der Waals surface area contributed by atoms with Crippen molar-refractivity contribution in [2.45, 2.75) is 45.5 Å². The average molecular weight is 491 g/mol. The van der Waals surface area contributed by atoms with Crippen LogP contribution in [0.2, 0.25) is 0 Å². The van der Waals surface area contributed by atoms with Crippen molar-refractivity contribution < 1.29 is 27.4 Å². The van der Waals surface area contributed by atoms with Gasteiger partial charge in [0, 0.05) is 38.3 Å². The van der Waals surface area contributed by atoms with Crippen LogP contribution in [-0.4, -0.2) is 61.5 Å². The van der Waals surface area contributed by atoms with Crippen molar-refractivity contribution in [3.63, 3.8) is 0 Å². The maximum absolute atomic E-state index is 12.7. The lowest BCUT2D eigenvalue weighted by atomic mass is 9.95. The second-order valence-corrected chi connectivity index (χ2v) is 8.76. The Morgan fingerprint density at radius 1 is 1.29 bits per heavy atom. The van der Waals surface area contributed by atoms with Crippen molar-refractivity contribution in [3.05, 3.63) is 41.6 Å². The molecule has 1 saturated heterocycles. The van der Waals surface area contributed by atoms with E-state index >= 15 is 0 Å². The quantitative estimate of drug-likeness (QED) is 0.559. The first-order valence-electron chi connectivity index (χ1n) is 11.4. The van der Waals surface area contributed by atoms with E-state index in [1.54, 1.807) is 19.2 Å². The maximum atomic E-state index is 12.7. The predicted octanol–water partition coefficient (Wildman–Crippen LogP) is 4.72. The zero-order valence-corrected chi connectivity index (χ0v) is 20.2. The topological polar surface area (TPSA) is 78.7 Å². The summed E-state index contributed by atoms with van der Waals surface area (Å²) in [5, 5.41) is 9.89. The Kier molecular flexibility index (Phi) is 8.22. The molecule has 0 N–H and O–H groups in total. The lowest BCUT2D eigenvalue weighted by Crippen LogP contribution is -2.54. The highest BCUT2D eigenvalue weighted by Gasteiger charge is 2.32. The average Bonchev–Trinajstić information content (AvgIpc) is 2.80. The monoisotopic (exact) mass is 490 g/mol. The van der Waals surface area contributed by atoms with Crippen molar-refractivity contribution in [3.8, 4) is 22.9 Å². The number of halogens is 3. The molecule has 0 saturated carbocycles. The summed E-state index contributed by atoms with van der Waals surface area (Å²) in [6.45, 7) is 7.70. The highest BCUT2D eigenvalue weighted by atomic mass is 19.4. The number of ether oxygens (including phenoxy) is 2. The number of alkyl halides is 3. The minimum atomic E-state index is -4.80. The molecule has 1 atom stereocenters. The Hall–Kier alpha value is -3.32. The van der Waals surface area contributed by atoms with Crippen molar-refractivity contribution >= 4 is 11.7 Å². The smallest absolute Gasteiger partial charge is 0.406 e. The summed E-state index contributed by atoms with van der Waals surface area (Å²) in [6, 6.07) is 9.44. The lowest BCUT2D eigenvalue weighted by Gasteiger charge is -2.41. The largest absolute Gasteiger partial charge is 0.573 e. The van der Waals surface area contributed by atoms with Crippen LogP contribution in [0.3, 0.4) is 0 Å². The van der Waals surface area contributed by atoms with E-state index in [0.29, 0.717) is 60.9 Å². The zero-order valence-electron chi connectivity index (χ0n) is 20.2. The van der Waals surface area contributed by atoms with Gasteiger partial charge in [0.05, 0.1) is 24.3 Å². The second-order valence-electron chi connectivity index (χ2n) is 8.76. The number of carbonyl (C=O) groups excluding carboxylic acids is 1. The number of rotatable bonds is 7. The number of aromatic nitrogens is 1. The molecule has 7 nitrogen and oxygen atoms in total. The molecule has 1 aromatic carbocycles. The van der Waals surface area contributed by atoms with Gasteiger partial charge in [0.25, 0.3) is 0 Å².